The van der Waals surface area contributed by atoms with Gasteiger partial charge in [0.1, 0.15) is 0 Å². The van der Waals surface area contributed by atoms with Gasteiger partial charge in [0.25, 0.3) is 11.6 Å². The van der Waals surface area contributed by atoms with Crippen LogP contribution in [0.25, 0.3) is 10.9 Å². The first-order chi connectivity index (χ1) is 11.0. The van der Waals surface area contributed by atoms with Crippen LogP contribution >= 0.6 is 0 Å². The van der Waals surface area contributed by atoms with E-state index in [0.29, 0.717) is 35.7 Å². The predicted molar refractivity (Wildman–Crippen MR) is 81.2 cm³/mol. The van der Waals surface area contributed by atoms with Gasteiger partial charge in [-0.05, 0) is 25.3 Å². The summed E-state index contributed by atoms with van der Waals surface area (Å²) in [5.41, 5.74) is 0.871. The van der Waals surface area contributed by atoms with Crippen molar-refractivity contribution in [3.63, 3.8) is 0 Å². The second-order valence-electron chi connectivity index (χ2n) is 5.71. The first-order valence-electron chi connectivity index (χ1n) is 7.25. The van der Waals surface area contributed by atoms with E-state index in [9.17, 15) is 19.7 Å². The van der Waals surface area contributed by atoms with Crippen LogP contribution in [0.2, 0.25) is 0 Å². The van der Waals surface area contributed by atoms with Gasteiger partial charge in [-0.1, -0.05) is 0 Å². The Morgan fingerprint density at radius 1 is 1.35 bits per heavy atom. The number of hydrogen-bond donors (Lipinski definition) is 3. The molecule has 1 fully saturated rings. The molecular weight excluding hydrogens is 302 g/mol. The standard InChI is InChI=1S/C15H15N3O5/c19-14(17-9-2-1-8(5-9)15(20)21)12-7-16-13-4-3-10(18(22)23)6-11(12)13/h3-4,6-9,16H,1-2,5H2,(H,17,19)(H,20,21)/t8-,9+/m1/s1. The fourth-order valence-corrected chi connectivity index (χ4v) is 3.01. The van der Waals surface area contributed by atoms with Crippen molar-refractivity contribution in [2.45, 2.75) is 25.3 Å². The number of carbonyl (C=O) groups is 2. The van der Waals surface area contributed by atoms with E-state index in [-0.39, 0.29) is 17.6 Å². The van der Waals surface area contributed by atoms with Crippen molar-refractivity contribution in [2.75, 3.05) is 0 Å². The number of fused-ring (bicyclic) bond motifs is 1. The number of benzene rings is 1. The summed E-state index contributed by atoms with van der Waals surface area (Å²) in [7, 11) is 0. The minimum absolute atomic E-state index is 0.0852. The Labute approximate surface area is 130 Å². The number of aromatic nitrogens is 1. The Morgan fingerprint density at radius 3 is 2.78 bits per heavy atom. The highest BCUT2D eigenvalue weighted by Crippen LogP contribution is 2.27. The largest absolute Gasteiger partial charge is 0.481 e. The van der Waals surface area contributed by atoms with E-state index in [2.05, 4.69) is 10.3 Å². The van der Waals surface area contributed by atoms with E-state index >= 15 is 0 Å². The van der Waals surface area contributed by atoms with Crippen molar-refractivity contribution in [1.29, 1.82) is 0 Å². The molecule has 1 saturated carbocycles. The average Bonchev–Trinajstić information content (AvgIpc) is 3.12. The summed E-state index contributed by atoms with van der Waals surface area (Å²) in [6.45, 7) is 0. The molecule has 0 bridgehead atoms. The lowest BCUT2D eigenvalue weighted by molar-refractivity contribution is -0.384. The molecule has 8 heteroatoms. The molecule has 3 N–H and O–H groups in total. The zero-order valence-corrected chi connectivity index (χ0v) is 12.1. The smallest absolute Gasteiger partial charge is 0.306 e. The number of aromatic amines is 1. The van der Waals surface area contributed by atoms with Crippen LogP contribution in [0, 0.1) is 16.0 Å². The number of nitro benzene ring substituents is 1. The summed E-state index contributed by atoms with van der Waals surface area (Å²) in [6, 6.07) is 4.09. The van der Waals surface area contributed by atoms with Crippen molar-refractivity contribution >= 4 is 28.5 Å². The number of carbonyl (C=O) groups excluding carboxylic acids is 1. The van der Waals surface area contributed by atoms with E-state index in [0.717, 1.165) is 0 Å². The van der Waals surface area contributed by atoms with Crippen molar-refractivity contribution < 1.29 is 19.6 Å². The number of amides is 1. The van der Waals surface area contributed by atoms with Crippen molar-refractivity contribution in [2.24, 2.45) is 5.92 Å². The first kappa shape index (κ1) is 15.0. The van der Waals surface area contributed by atoms with Crippen molar-refractivity contribution in [1.82, 2.24) is 10.3 Å². The summed E-state index contributed by atoms with van der Waals surface area (Å²) < 4.78 is 0. The Morgan fingerprint density at radius 2 is 2.13 bits per heavy atom. The molecule has 1 aromatic carbocycles. The Hall–Kier alpha value is -2.90. The van der Waals surface area contributed by atoms with Gasteiger partial charge in [-0.25, -0.2) is 0 Å². The maximum Gasteiger partial charge on any atom is 0.306 e. The minimum Gasteiger partial charge on any atom is -0.481 e. The third-order valence-electron chi connectivity index (χ3n) is 4.24. The molecule has 2 aromatic rings. The molecule has 2 atom stereocenters. The number of non-ortho nitro benzene ring substituents is 1. The number of hydrogen-bond acceptors (Lipinski definition) is 4. The van der Waals surface area contributed by atoms with Crippen LogP contribution in [-0.2, 0) is 4.79 Å². The fraction of sp³-hybridized carbons (Fsp3) is 0.333. The molecular formula is C15H15N3O5. The van der Waals surface area contributed by atoms with Crippen LogP contribution in [0.4, 0.5) is 5.69 Å². The minimum atomic E-state index is -0.843. The van der Waals surface area contributed by atoms with Gasteiger partial charge in [0.2, 0.25) is 0 Å². The normalized spacial score (nSPS) is 20.5. The number of rotatable bonds is 4. The monoisotopic (exact) mass is 317 g/mol. The molecule has 0 radical (unpaired) electrons. The van der Waals surface area contributed by atoms with Crippen LogP contribution in [-0.4, -0.2) is 32.9 Å². The van der Waals surface area contributed by atoms with E-state index in [1.807, 2.05) is 0 Å². The predicted octanol–water partition coefficient (Wildman–Crippen LogP) is 2.06. The second-order valence-corrected chi connectivity index (χ2v) is 5.71. The highest BCUT2D eigenvalue weighted by Gasteiger charge is 2.31. The van der Waals surface area contributed by atoms with Crippen LogP contribution in [0.3, 0.4) is 0 Å². The topological polar surface area (TPSA) is 125 Å². The summed E-state index contributed by atoms with van der Waals surface area (Å²) >= 11 is 0. The van der Waals surface area contributed by atoms with Gasteiger partial charge in [0.15, 0.2) is 0 Å². The fourth-order valence-electron chi connectivity index (χ4n) is 3.01. The van der Waals surface area contributed by atoms with Gasteiger partial charge in [-0.15, -0.1) is 0 Å². The zero-order valence-electron chi connectivity index (χ0n) is 12.1. The molecule has 120 valence electrons. The number of H-pyrrole nitrogens is 1. The molecule has 3 rings (SSSR count). The Balaban J connectivity index is 1.80. The number of nitrogens with one attached hydrogen (secondary N) is 2. The first-order valence-corrected chi connectivity index (χ1v) is 7.25. The second kappa shape index (κ2) is 5.71. The van der Waals surface area contributed by atoms with E-state index < -0.39 is 16.8 Å². The lowest BCUT2D eigenvalue weighted by atomic mass is 10.1. The number of aliphatic carboxylic acids is 1. The number of nitrogens with zero attached hydrogens (tertiary/aromatic N) is 1. The zero-order chi connectivity index (χ0) is 16.6. The van der Waals surface area contributed by atoms with Crippen LogP contribution in [0.5, 0.6) is 0 Å². The molecule has 1 heterocycles. The van der Waals surface area contributed by atoms with E-state index in [4.69, 9.17) is 5.11 Å². The number of carboxylic acid groups (broad SMARTS) is 1. The summed E-state index contributed by atoms with van der Waals surface area (Å²) in [4.78, 5) is 36.6. The quantitative estimate of drug-likeness (QED) is 0.588. The molecule has 1 amide bonds. The van der Waals surface area contributed by atoms with Crippen LogP contribution in [0.15, 0.2) is 24.4 Å². The molecule has 1 aliphatic rings. The summed E-state index contributed by atoms with van der Waals surface area (Å²) in [5.74, 6) is -1.62. The molecule has 0 aliphatic heterocycles. The number of carboxylic acids is 1. The molecule has 0 saturated heterocycles. The van der Waals surface area contributed by atoms with Gasteiger partial charge < -0.3 is 15.4 Å². The third-order valence-corrected chi connectivity index (χ3v) is 4.24. The highest BCUT2D eigenvalue weighted by atomic mass is 16.6. The molecule has 0 unspecified atom stereocenters. The Bertz CT molecular complexity index is 798. The maximum absolute atomic E-state index is 12.4. The van der Waals surface area contributed by atoms with Gasteiger partial charge >= 0.3 is 5.97 Å². The van der Waals surface area contributed by atoms with Gasteiger partial charge in [0, 0.05) is 35.3 Å². The van der Waals surface area contributed by atoms with Crippen LogP contribution in [0.1, 0.15) is 29.6 Å². The highest BCUT2D eigenvalue weighted by molar-refractivity contribution is 6.07. The van der Waals surface area contributed by atoms with Gasteiger partial charge in [-0.3, -0.25) is 19.7 Å². The molecule has 1 aromatic heterocycles. The summed E-state index contributed by atoms with van der Waals surface area (Å²) in [6.07, 6.45) is 3.07. The van der Waals surface area contributed by atoms with Gasteiger partial charge in [0.05, 0.1) is 16.4 Å². The van der Waals surface area contributed by atoms with Crippen molar-refractivity contribution in [3.05, 3.63) is 40.1 Å². The van der Waals surface area contributed by atoms with E-state index in [1.54, 1.807) is 6.07 Å². The van der Waals surface area contributed by atoms with Crippen molar-refractivity contribution in [3.8, 4) is 0 Å². The molecule has 23 heavy (non-hydrogen) atoms. The Kier molecular flexibility index (Phi) is 3.73. The SMILES string of the molecule is O=C(N[C@H]1CC[C@@H](C(=O)O)C1)c1c[nH]c2ccc([N+](=O)[O-])cc12. The maximum atomic E-state index is 12.4. The van der Waals surface area contributed by atoms with Crippen LogP contribution < -0.4 is 5.32 Å². The third kappa shape index (κ3) is 2.87. The lowest BCUT2D eigenvalue weighted by Gasteiger charge is -2.11. The van der Waals surface area contributed by atoms with E-state index in [1.165, 1.54) is 18.3 Å². The number of nitro groups is 1. The molecule has 8 nitrogen and oxygen atoms in total. The molecule has 1 aliphatic carbocycles. The average molecular weight is 317 g/mol. The summed E-state index contributed by atoms with van der Waals surface area (Å²) in [5, 5.41) is 23.1. The molecule has 0 spiro atoms. The van der Waals surface area contributed by atoms with Gasteiger partial charge in [-0.2, -0.15) is 0 Å². The lowest BCUT2D eigenvalue weighted by Crippen LogP contribution is -2.33.